The van der Waals surface area contributed by atoms with Gasteiger partial charge in [-0.05, 0) is 32.0 Å². The van der Waals surface area contributed by atoms with Gasteiger partial charge in [-0.2, -0.15) is 0 Å². The minimum absolute atomic E-state index is 0.410. The molecule has 0 unspecified atom stereocenters. The molecule has 0 aromatic heterocycles. The Balaban J connectivity index is 2.19. The van der Waals surface area contributed by atoms with Crippen molar-refractivity contribution in [2.24, 2.45) is 0 Å². The van der Waals surface area contributed by atoms with E-state index in [0.717, 1.165) is 22.4 Å². The van der Waals surface area contributed by atoms with Gasteiger partial charge in [0.2, 0.25) is 0 Å². The SMILES string of the molecule is COc1ccccc1COc1ccc(C)cc1[C@@H](C)O. The van der Waals surface area contributed by atoms with Crippen LogP contribution in [0.1, 0.15) is 29.7 Å². The zero-order valence-electron chi connectivity index (χ0n) is 12.1. The van der Waals surface area contributed by atoms with Crippen molar-refractivity contribution in [2.75, 3.05) is 7.11 Å². The Hall–Kier alpha value is -2.00. The third kappa shape index (κ3) is 3.31. The molecule has 0 aliphatic rings. The van der Waals surface area contributed by atoms with Crippen molar-refractivity contribution in [3.63, 3.8) is 0 Å². The Morgan fingerprint density at radius 3 is 2.55 bits per heavy atom. The lowest BCUT2D eigenvalue weighted by molar-refractivity contribution is 0.189. The van der Waals surface area contributed by atoms with E-state index < -0.39 is 6.10 Å². The maximum absolute atomic E-state index is 9.82. The Bertz CT molecular complexity index is 576. The first-order chi connectivity index (χ1) is 9.61. The van der Waals surface area contributed by atoms with E-state index in [4.69, 9.17) is 9.47 Å². The highest BCUT2D eigenvalue weighted by Crippen LogP contribution is 2.28. The number of aliphatic hydroxyl groups excluding tert-OH is 1. The molecule has 20 heavy (non-hydrogen) atoms. The van der Waals surface area contributed by atoms with Gasteiger partial charge in [0.25, 0.3) is 0 Å². The molecule has 0 amide bonds. The molecule has 0 saturated heterocycles. The molecule has 0 bridgehead atoms. The Labute approximate surface area is 119 Å². The van der Waals surface area contributed by atoms with E-state index >= 15 is 0 Å². The standard InChI is InChI=1S/C17H20O3/c1-12-8-9-17(15(10-12)13(2)18)20-11-14-6-4-5-7-16(14)19-3/h4-10,13,18H,11H2,1-3H3/t13-/m1/s1. The van der Waals surface area contributed by atoms with Gasteiger partial charge < -0.3 is 14.6 Å². The normalized spacial score (nSPS) is 12.0. The topological polar surface area (TPSA) is 38.7 Å². The molecule has 0 heterocycles. The first kappa shape index (κ1) is 14.4. The number of ether oxygens (including phenoxy) is 2. The van der Waals surface area contributed by atoms with Crippen LogP contribution < -0.4 is 9.47 Å². The summed E-state index contributed by atoms with van der Waals surface area (Å²) in [5.41, 5.74) is 2.89. The number of rotatable bonds is 5. The Kier molecular flexibility index (Phi) is 4.64. The monoisotopic (exact) mass is 272 g/mol. The van der Waals surface area contributed by atoms with E-state index in [1.807, 2.05) is 49.4 Å². The summed E-state index contributed by atoms with van der Waals surface area (Å²) in [5.74, 6) is 1.51. The predicted molar refractivity (Wildman–Crippen MR) is 79.1 cm³/mol. The molecule has 2 aromatic carbocycles. The van der Waals surface area contributed by atoms with Crippen molar-refractivity contribution in [1.29, 1.82) is 0 Å². The zero-order chi connectivity index (χ0) is 14.5. The van der Waals surface area contributed by atoms with Crippen LogP contribution in [0.2, 0.25) is 0 Å². The smallest absolute Gasteiger partial charge is 0.125 e. The maximum atomic E-state index is 9.82. The molecule has 0 radical (unpaired) electrons. The van der Waals surface area contributed by atoms with Crippen LogP contribution in [0.4, 0.5) is 0 Å². The summed E-state index contributed by atoms with van der Waals surface area (Å²) in [5, 5.41) is 9.82. The van der Waals surface area contributed by atoms with E-state index in [1.54, 1.807) is 14.0 Å². The number of methoxy groups -OCH3 is 1. The second-order valence-electron chi connectivity index (χ2n) is 4.82. The van der Waals surface area contributed by atoms with Crippen LogP contribution in [0.5, 0.6) is 11.5 Å². The molecule has 0 spiro atoms. The van der Waals surface area contributed by atoms with Crippen molar-refractivity contribution >= 4 is 0 Å². The largest absolute Gasteiger partial charge is 0.496 e. The van der Waals surface area contributed by atoms with E-state index in [-0.39, 0.29) is 0 Å². The molecular formula is C17H20O3. The lowest BCUT2D eigenvalue weighted by atomic mass is 10.1. The number of benzene rings is 2. The number of para-hydroxylation sites is 1. The van der Waals surface area contributed by atoms with E-state index in [2.05, 4.69) is 0 Å². The lowest BCUT2D eigenvalue weighted by Crippen LogP contribution is -2.02. The summed E-state index contributed by atoms with van der Waals surface area (Å²) in [6.07, 6.45) is -0.553. The number of aryl methyl sites for hydroxylation is 1. The van der Waals surface area contributed by atoms with Crippen LogP contribution in [-0.4, -0.2) is 12.2 Å². The molecule has 2 aromatic rings. The lowest BCUT2D eigenvalue weighted by Gasteiger charge is -2.15. The average Bonchev–Trinajstić information content (AvgIpc) is 2.46. The van der Waals surface area contributed by atoms with Crippen LogP contribution >= 0.6 is 0 Å². The van der Waals surface area contributed by atoms with Gasteiger partial charge in [0.15, 0.2) is 0 Å². The second kappa shape index (κ2) is 6.44. The molecule has 2 rings (SSSR count). The predicted octanol–water partition coefficient (Wildman–Crippen LogP) is 3.64. The number of hydrogen-bond donors (Lipinski definition) is 1. The van der Waals surface area contributed by atoms with Gasteiger partial charge in [0.1, 0.15) is 18.1 Å². The van der Waals surface area contributed by atoms with E-state index in [9.17, 15) is 5.11 Å². The van der Waals surface area contributed by atoms with Crippen molar-refractivity contribution < 1.29 is 14.6 Å². The second-order valence-corrected chi connectivity index (χ2v) is 4.82. The molecule has 1 atom stereocenters. The quantitative estimate of drug-likeness (QED) is 0.903. The van der Waals surface area contributed by atoms with Gasteiger partial charge in [-0.3, -0.25) is 0 Å². The average molecular weight is 272 g/mol. The molecular weight excluding hydrogens is 252 g/mol. The van der Waals surface area contributed by atoms with Gasteiger partial charge in [-0.25, -0.2) is 0 Å². The van der Waals surface area contributed by atoms with Crippen molar-refractivity contribution in [2.45, 2.75) is 26.6 Å². The van der Waals surface area contributed by atoms with Gasteiger partial charge in [0, 0.05) is 11.1 Å². The van der Waals surface area contributed by atoms with Crippen LogP contribution in [0, 0.1) is 6.92 Å². The van der Waals surface area contributed by atoms with Gasteiger partial charge in [0.05, 0.1) is 13.2 Å². The van der Waals surface area contributed by atoms with Crippen LogP contribution in [0.15, 0.2) is 42.5 Å². The molecule has 0 aliphatic heterocycles. The fourth-order valence-electron chi connectivity index (χ4n) is 2.10. The molecule has 3 nitrogen and oxygen atoms in total. The summed E-state index contributed by atoms with van der Waals surface area (Å²) in [4.78, 5) is 0. The summed E-state index contributed by atoms with van der Waals surface area (Å²) in [7, 11) is 1.64. The summed E-state index contributed by atoms with van der Waals surface area (Å²) in [6.45, 7) is 4.15. The highest BCUT2D eigenvalue weighted by molar-refractivity contribution is 5.39. The number of aliphatic hydroxyl groups is 1. The molecule has 3 heteroatoms. The Morgan fingerprint density at radius 1 is 1.10 bits per heavy atom. The molecule has 0 fully saturated rings. The summed E-state index contributed by atoms with van der Waals surface area (Å²) in [6, 6.07) is 13.6. The minimum atomic E-state index is -0.553. The fourth-order valence-corrected chi connectivity index (χ4v) is 2.10. The highest BCUT2D eigenvalue weighted by atomic mass is 16.5. The number of hydrogen-bond acceptors (Lipinski definition) is 3. The molecule has 106 valence electrons. The van der Waals surface area contributed by atoms with Crippen LogP contribution in [0.3, 0.4) is 0 Å². The molecule has 1 N–H and O–H groups in total. The minimum Gasteiger partial charge on any atom is -0.496 e. The molecule has 0 aliphatic carbocycles. The maximum Gasteiger partial charge on any atom is 0.125 e. The fraction of sp³-hybridized carbons (Fsp3) is 0.294. The van der Waals surface area contributed by atoms with E-state index in [1.165, 1.54) is 0 Å². The van der Waals surface area contributed by atoms with Crippen molar-refractivity contribution in [3.05, 3.63) is 59.2 Å². The summed E-state index contributed by atoms with van der Waals surface area (Å²) >= 11 is 0. The van der Waals surface area contributed by atoms with Crippen molar-refractivity contribution in [3.8, 4) is 11.5 Å². The first-order valence-electron chi connectivity index (χ1n) is 6.65. The third-order valence-electron chi connectivity index (χ3n) is 3.19. The third-order valence-corrected chi connectivity index (χ3v) is 3.19. The highest BCUT2D eigenvalue weighted by Gasteiger charge is 2.10. The van der Waals surface area contributed by atoms with Crippen molar-refractivity contribution in [1.82, 2.24) is 0 Å². The van der Waals surface area contributed by atoms with E-state index in [0.29, 0.717) is 12.4 Å². The van der Waals surface area contributed by atoms with Crippen LogP contribution in [0.25, 0.3) is 0 Å². The van der Waals surface area contributed by atoms with Gasteiger partial charge >= 0.3 is 0 Å². The first-order valence-corrected chi connectivity index (χ1v) is 6.65. The van der Waals surface area contributed by atoms with Gasteiger partial charge in [-0.15, -0.1) is 0 Å². The zero-order valence-corrected chi connectivity index (χ0v) is 12.1. The Morgan fingerprint density at radius 2 is 1.85 bits per heavy atom. The molecule has 0 saturated carbocycles. The van der Waals surface area contributed by atoms with Gasteiger partial charge in [-0.1, -0.05) is 29.8 Å². The van der Waals surface area contributed by atoms with Crippen LogP contribution in [-0.2, 0) is 6.61 Å². The summed E-state index contributed by atoms with van der Waals surface area (Å²) < 4.78 is 11.1.